The molecule has 3 aliphatic carbocycles. The van der Waals surface area contributed by atoms with Crippen molar-refractivity contribution in [3.63, 3.8) is 0 Å². The van der Waals surface area contributed by atoms with Gasteiger partial charge in [0.25, 0.3) is 0 Å². The zero-order valence-electron chi connectivity index (χ0n) is 17.5. The molecule has 2 N–H and O–H groups in total. The predicted octanol–water partition coefficient (Wildman–Crippen LogP) is 3.40. The van der Waals surface area contributed by atoms with Crippen LogP contribution in [0.1, 0.15) is 67.7 Å². The summed E-state index contributed by atoms with van der Waals surface area (Å²) in [6, 6.07) is 0. The fourth-order valence-electron chi connectivity index (χ4n) is 6.27. The number of ketones is 3. The van der Waals surface area contributed by atoms with Gasteiger partial charge in [-0.25, -0.2) is 0 Å². The predicted molar refractivity (Wildman–Crippen MR) is 101 cm³/mol. The molecule has 0 heterocycles. The van der Waals surface area contributed by atoms with Crippen molar-refractivity contribution in [3.8, 4) is 0 Å². The number of hydrogen-bond acceptors (Lipinski definition) is 5. The van der Waals surface area contributed by atoms with Crippen LogP contribution in [-0.2, 0) is 14.4 Å². The summed E-state index contributed by atoms with van der Waals surface area (Å²) in [6.45, 7) is 12.7. The van der Waals surface area contributed by atoms with Gasteiger partial charge in [-0.1, -0.05) is 27.7 Å². The molecule has 2 bridgehead atoms. The third kappa shape index (κ3) is 2.24. The molecule has 150 valence electrons. The summed E-state index contributed by atoms with van der Waals surface area (Å²) in [5.41, 5.74) is -4.20. The van der Waals surface area contributed by atoms with Gasteiger partial charge in [-0.05, 0) is 57.3 Å². The summed E-state index contributed by atoms with van der Waals surface area (Å²) in [5, 5.41) is 21.6. The quantitative estimate of drug-likeness (QED) is 0.580. The van der Waals surface area contributed by atoms with Crippen molar-refractivity contribution in [2.45, 2.75) is 73.3 Å². The minimum Gasteiger partial charge on any atom is -0.510 e. The van der Waals surface area contributed by atoms with E-state index in [0.717, 1.165) is 0 Å². The zero-order valence-corrected chi connectivity index (χ0v) is 17.5. The molecule has 5 nitrogen and oxygen atoms in total. The number of aliphatic hydroxyl groups is 2. The van der Waals surface area contributed by atoms with E-state index < -0.39 is 33.5 Å². The first-order valence-corrected chi connectivity index (χ1v) is 9.97. The summed E-state index contributed by atoms with van der Waals surface area (Å²) < 4.78 is 0. The van der Waals surface area contributed by atoms with Crippen molar-refractivity contribution < 1.29 is 24.6 Å². The van der Waals surface area contributed by atoms with E-state index >= 15 is 0 Å². The van der Waals surface area contributed by atoms with E-state index in [1.54, 1.807) is 27.7 Å². The summed E-state index contributed by atoms with van der Waals surface area (Å²) in [5.74, 6) is -2.46. The zero-order chi connectivity index (χ0) is 20.7. The van der Waals surface area contributed by atoms with Crippen LogP contribution in [0.3, 0.4) is 0 Å². The second-order valence-corrected chi connectivity index (χ2v) is 10.3. The molecule has 1 spiro atoms. The van der Waals surface area contributed by atoms with Crippen molar-refractivity contribution in [1.82, 2.24) is 0 Å². The first kappa shape index (κ1) is 20.2. The van der Waals surface area contributed by atoms with Crippen molar-refractivity contribution in [2.75, 3.05) is 0 Å². The van der Waals surface area contributed by atoms with E-state index in [-0.39, 0.29) is 41.2 Å². The Balaban J connectivity index is 2.23. The molecule has 0 aliphatic heterocycles. The number of hydrogen-bond donors (Lipinski definition) is 2. The number of carbonyl (C=O) groups excluding carboxylic acids is 3. The van der Waals surface area contributed by atoms with Crippen LogP contribution in [-0.4, -0.2) is 33.2 Å². The van der Waals surface area contributed by atoms with Crippen LogP contribution in [0.4, 0.5) is 0 Å². The van der Waals surface area contributed by atoms with Crippen LogP contribution in [0.5, 0.6) is 0 Å². The van der Waals surface area contributed by atoms with Crippen molar-refractivity contribution >= 4 is 17.3 Å². The molecule has 0 amide bonds. The van der Waals surface area contributed by atoms with Crippen LogP contribution >= 0.6 is 0 Å². The summed E-state index contributed by atoms with van der Waals surface area (Å²) >= 11 is 0. The SMILES string of the molecule is CC[C@H](C)C(=O)C1=C(O)[C@]2(C)C[C@H]3C(C)(C)[C@@H](C(C)(C)O)C[C@]3(C1=O)C2=O. The van der Waals surface area contributed by atoms with E-state index in [1.165, 1.54) is 0 Å². The molecule has 0 aromatic rings. The van der Waals surface area contributed by atoms with E-state index in [9.17, 15) is 24.6 Å². The third-order valence-corrected chi connectivity index (χ3v) is 7.99. The highest BCUT2D eigenvalue weighted by Gasteiger charge is 2.77. The highest BCUT2D eigenvalue weighted by molar-refractivity contribution is 6.32. The first-order chi connectivity index (χ1) is 12.2. The third-order valence-electron chi connectivity index (χ3n) is 7.99. The minimum absolute atomic E-state index is 0.166. The van der Waals surface area contributed by atoms with Gasteiger partial charge >= 0.3 is 0 Å². The van der Waals surface area contributed by atoms with Gasteiger partial charge in [0.05, 0.1) is 16.4 Å². The Kier molecular flexibility index (Phi) is 4.14. The Morgan fingerprint density at radius 3 is 2.26 bits per heavy atom. The minimum atomic E-state index is -1.31. The second kappa shape index (κ2) is 5.53. The molecule has 0 aromatic carbocycles. The number of allylic oxidation sites excluding steroid dienone is 2. The molecule has 0 unspecified atom stereocenters. The summed E-state index contributed by atoms with van der Waals surface area (Å²) in [7, 11) is 0. The topological polar surface area (TPSA) is 91.7 Å². The molecule has 3 aliphatic rings. The van der Waals surface area contributed by atoms with Crippen LogP contribution < -0.4 is 0 Å². The molecule has 0 radical (unpaired) electrons. The van der Waals surface area contributed by atoms with E-state index in [1.807, 2.05) is 20.8 Å². The van der Waals surface area contributed by atoms with Gasteiger partial charge in [0.1, 0.15) is 11.3 Å². The molecule has 5 atom stereocenters. The van der Waals surface area contributed by atoms with Gasteiger partial charge < -0.3 is 10.2 Å². The van der Waals surface area contributed by atoms with Gasteiger partial charge in [0.15, 0.2) is 17.3 Å². The second-order valence-electron chi connectivity index (χ2n) is 10.3. The van der Waals surface area contributed by atoms with Gasteiger partial charge in [-0.15, -0.1) is 0 Å². The van der Waals surface area contributed by atoms with Gasteiger partial charge in [-0.3, -0.25) is 14.4 Å². The molecule has 3 rings (SSSR count). The lowest BCUT2D eigenvalue weighted by Crippen LogP contribution is -2.50. The molecule has 0 aromatic heterocycles. The highest BCUT2D eigenvalue weighted by atomic mass is 16.3. The lowest BCUT2D eigenvalue weighted by molar-refractivity contribution is -0.144. The number of fused-ring (bicyclic) bond motifs is 1. The van der Waals surface area contributed by atoms with Crippen molar-refractivity contribution in [3.05, 3.63) is 11.3 Å². The number of rotatable bonds is 4. The maximum Gasteiger partial charge on any atom is 0.183 e. The Morgan fingerprint density at radius 2 is 1.78 bits per heavy atom. The standard InChI is InChI=1S/C22H32O5/c1-8-11(2)15(23)14-16(24)21(7)9-13-19(3,4)12(20(5,6)27)10-22(13,17(14)25)18(21)26/h11-13,24,27H,8-10H2,1-7H3/t11-,12-,13-,21-,22-/m0/s1. The largest absolute Gasteiger partial charge is 0.510 e. The van der Waals surface area contributed by atoms with E-state index in [0.29, 0.717) is 12.8 Å². The molecular weight excluding hydrogens is 344 g/mol. The van der Waals surface area contributed by atoms with Crippen LogP contribution in [0, 0.1) is 34.0 Å². The summed E-state index contributed by atoms with van der Waals surface area (Å²) in [6.07, 6.45) is 1.12. The van der Waals surface area contributed by atoms with Gasteiger partial charge in [-0.2, -0.15) is 0 Å². The smallest absolute Gasteiger partial charge is 0.183 e. The summed E-state index contributed by atoms with van der Waals surface area (Å²) in [4.78, 5) is 40.1. The Bertz CT molecular complexity index is 768. The fourth-order valence-corrected chi connectivity index (χ4v) is 6.27. The van der Waals surface area contributed by atoms with Gasteiger partial charge in [0.2, 0.25) is 0 Å². The Hall–Kier alpha value is -1.49. The highest BCUT2D eigenvalue weighted by Crippen LogP contribution is 2.72. The number of aliphatic hydroxyl groups excluding tert-OH is 1. The molecule has 2 saturated carbocycles. The monoisotopic (exact) mass is 376 g/mol. The molecule has 0 saturated heterocycles. The lowest BCUT2D eigenvalue weighted by Gasteiger charge is -2.40. The molecule has 2 fully saturated rings. The van der Waals surface area contributed by atoms with E-state index in [4.69, 9.17) is 0 Å². The van der Waals surface area contributed by atoms with E-state index in [2.05, 4.69) is 0 Å². The maximum absolute atomic E-state index is 13.6. The molecule has 27 heavy (non-hydrogen) atoms. The number of carbonyl (C=O) groups is 3. The molecule has 5 heteroatoms. The fraction of sp³-hybridized carbons (Fsp3) is 0.773. The van der Waals surface area contributed by atoms with Crippen molar-refractivity contribution in [1.29, 1.82) is 0 Å². The van der Waals surface area contributed by atoms with Crippen molar-refractivity contribution in [2.24, 2.45) is 34.0 Å². The lowest BCUT2D eigenvalue weighted by atomic mass is 9.64. The first-order valence-electron chi connectivity index (χ1n) is 9.97. The average molecular weight is 376 g/mol. The normalized spacial score (nSPS) is 39.0. The van der Waals surface area contributed by atoms with Crippen LogP contribution in [0.15, 0.2) is 11.3 Å². The van der Waals surface area contributed by atoms with Gasteiger partial charge in [0, 0.05) is 5.92 Å². The van der Waals surface area contributed by atoms with Crippen LogP contribution in [0.2, 0.25) is 0 Å². The molecular formula is C22H32O5. The van der Waals surface area contributed by atoms with Crippen LogP contribution in [0.25, 0.3) is 0 Å². The Morgan fingerprint density at radius 1 is 1.22 bits per heavy atom. The maximum atomic E-state index is 13.6. The Labute approximate surface area is 161 Å². The number of Topliss-reactive ketones (excluding diaryl/α,β-unsaturated/α-hetero) is 3. The average Bonchev–Trinajstić information content (AvgIpc) is 2.91.